The molecule has 0 bridgehead atoms. The van der Waals surface area contributed by atoms with Gasteiger partial charge in [-0.15, -0.1) is 0 Å². The van der Waals surface area contributed by atoms with Crippen molar-refractivity contribution in [3.8, 4) is 22.3 Å². The third-order valence-electron chi connectivity index (χ3n) is 9.79. The van der Waals surface area contributed by atoms with Crippen molar-refractivity contribution in [2.75, 3.05) is 6.61 Å². The minimum absolute atomic E-state index is 0.0939. The van der Waals surface area contributed by atoms with Crippen LogP contribution in [0.25, 0.3) is 54.6 Å². The number of esters is 1. The average molecular weight is 577 g/mol. The van der Waals surface area contributed by atoms with Crippen LogP contribution in [0.3, 0.4) is 0 Å². The molecule has 220 valence electrons. The maximum Gasteiger partial charge on any atom is 0.330 e. The van der Waals surface area contributed by atoms with E-state index in [2.05, 4.69) is 126 Å². The van der Waals surface area contributed by atoms with Gasteiger partial charge in [-0.25, -0.2) is 4.79 Å². The molecular formula is C42H40O2. The molecule has 2 nitrogen and oxygen atoms in total. The molecule has 0 aliphatic heterocycles. The lowest BCUT2D eigenvalue weighted by molar-refractivity contribution is -0.137. The SMILES string of the molecule is C=CC(=O)OCCCCc1ccc2c(c1)C(C)(C)c1cc(-c3ccc4ccc5cc(C(C)(C)C)cc6ccc3c4c56)ccc1-2. The van der Waals surface area contributed by atoms with E-state index in [0.717, 1.165) is 19.3 Å². The normalized spacial score (nSPS) is 13.8. The molecule has 0 aromatic heterocycles. The number of hydrogen-bond acceptors (Lipinski definition) is 2. The molecule has 0 N–H and O–H groups in total. The molecule has 0 fully saturated rings. The van der Waals surface area contributed by atoms with Crippen LogP contribution in [0.1, 0.15) is 69.7 Å². The van der Waals surface area contributed by atoms with Gasteiger partial charge in [-0.05, 0) is 108 Å². The van der Waals surface area contributed by atoms with E-state index in [1.54, 1.807) is 0 Å². The highest BCUT2D eigenvalue weighted by atomic mass is 16.5. The van der Waals surface area contributed by atoms with Crippen LogP contribution in [0, 0.1) is 0 Å². The number of aryl methyl sites for hydroxylation is 1. The topological polar surface area (TPSA) is 26.3 Å². The maximum atomic E-state index is 11.3. The Kier molecular flexibility index (Phi) is 6.66. The fourth-order valence-electron chi connectivity index (χ4n) is 7.27. The lowest BCUT2D eigenvalue weighted by Crippen LogP contribution is -2.15. The van der Waals surface area contributed by atoms with E-state index < -0.39 is 0 Å². The molecule has 6 aromatic rings. The first kappa shape index (κ1) is 28.3. The first-order chi connectivity index (χ1) is 21.1. The monoisotopic (exact) mass is 576 g/mol. The minimum atomic E-state index is -0.349. The van der Waals surface area contributed by atoms with Crippen LogP contribution in [0.15, 0.2) is 97.6 Å². The molecule has 1 aliphatic carbocycles. The van der Waals surface area contributed by atoms with Crippen molar-refractivity contribution in [2.45, 2.75) is 64.7 Å². The van der Waals surface area contributed by atoms with E-state index >= 15 is 0 Å². The maximum absolute atomic E-state index is 11.3. The molecule has 6 aromatic carbocycles. The standard InChI is InChI=1S/C42H40O2/c1-7-38(43)44-21-9-8-10-26-11-17-33-34-19-15-28(25-37(34)42(5,6)36(33)22-26)32-18-14-27-12-13-29-23-31(41(2,3)4)24-30-16-20-35(32)40(27)39(29)30/h7,11-20,22-25H,1,8-10,21H2,2-6H3. The summed E-state index contributed by atoms with van der Waals surface area (Å²) >= 11 is 0. The summed E-state index contributed by atoms with van der Waals surface area (Å²) in [4.78, 5) is 11.3. The molecule has 0 spiro atoms. The van der Waals surface area contributed by atoms with Gasteiger partial charge in [0.2, 0.25) is 0 Å². The second-order valence-electron chi connectivity index (χ2n) is 14.0. The van der Waals surface area contributed by atoms with Gasteiger partial charge in [-0.3, -0.25) is 0 Å². The summed E-state index contributed by atoms with van der Waals surface area (Å²) in [5, 5.41) is 7.99. The molecule has 0 unspecified atom stereocenters. The summed E-state index contributed by atoms with van der Waals surface area (Å²) in [7, 11) is 0. The number of ether oxygens (including phenoxy) is 1. The van der Waals surface area contributed by atoms with Crippen LogP contribution in [0.2, 0.25) is 0 Å². The zero-order valence-electron chi connectivity index (χ0n) is 26.5. The van der Waals surface area contributed by atoms with Gasteiger partial charge in [0.05, 0.1) is 6.61 Å². The highest BCUT2D eigenvalue weighted by Gasteiger charge is 2.35. The van der Waals surface area contributed by atoms with E-state index in [0.29, 0.717) is 6.61 Å². The van der Waals surface area contributed by atoms with Crippen molar-refractivity contribution in [1.29, 1.82) is 0 Å². The summed E-state index contributed by atoms with van der Waals surface area (Å²) in [5.74, 6) is -0.349. The van der Waals surface area contributed by atoms with E-state index in [-0.39, 0.29) is 16.8 Å². The fourth-order valence-corrected chi connectivity index (χ4v) is 7.27. The summed E-state index contributed by atoms with van der Waals surface area (Å²) < 4.78 is 5.15. The van der Waals surface area contributed by atoms with Gasteiger partial charge in [0, 0.05) is 11.5 Å². The Hall–Kier alpha value is -4.43. The largest absolute Gasteiger partial charge is 0.463 e. The molecule has 2 heteroatoms. The Balaban J connectivity index is 1.24. The molecule has 0 heterocycles. The Morgan fingerprint density at radius 3 is 2.11 bits per heavy atom. The molecule has 7 rings (SSSR count). The molecule has 0 atom stereocenters. The van der Waals surface area contributed by atoms with Crippen molar-refractivity contribution in [3.05, 3.63) is 120 Å². The van der Waals surface area contributed by atoms with Gasteiger partial charge in [0.15, 0.2) is 0 Å². The van der Waals surface area contributed by atoms with Crippen LogP contribution in [-0.2, 0) is 26.8 Å². The molecule has 0 amide bonds. The highest BCUT2D eigenvalue weighted by Crippen LogP contribution is 2.50. The molecule has 1 aliphatic rings. The highest BCUT2D eigenvalue weighted by molar-refractivity contribution is 6.25. The van der Waals surface area contributed by atoms with Gasteiger partial charge >= 0.3 is 5.97 Å². The number of fused-ring (bicyclic) bond motifs is 3. The zero-order valence-corrected chi connectivity index (χ0v) is 26.5. The van der Waals surface area contributed by atoms with E-state index in [4.69, 9.17) is 4.74 Å². The molecule has 0 radical (unpaired) electrons. The number of carbonyl (C=O) groups excluding carboxylic acids is 1. The molecular weight excluding hydrogens is 536 g/mol. The summed E-state index contributed by atoms with van der Waals surface area (Å²) in [6, 6.07) is 32.7. The number of unbranched alkanes of at least 4 members (excludes halogenated alkanes) is 1. The van der Waals surface area contributed by atoms with E-state index in [9.17, 15) is 4.79 Å². The van der Waals surface area contributed by atoms with Crippen LogP contribution in [-0.4, -0.2) is 12.6 Å². The quantitative estimate of drug-likeness (QED) is 0.0818. The zero-order chi connectivity index (χ0) is 30.8. The number of benzene rings is 6. The van der Waals surface area contributed by atoms with Crippen molar-refractivity contribution >= 4 is 38.3 Å². The summed E-state index contributed by atoms with van der Waals surface area (Å²) in [5.41, 5.74) is 10.7. The van der Waals surface area contributed by atoms with Crippen molar-refractivity contribution < 1.29 is 9.53 Å². The van der Waals surface area contributed by atoms with Crippen LogP contribution >= 0.6 is 0 Å². The Morgan fingerprint density at radius 1 is 0.750 bits per heavy atom. The van der Waals surface area contributed by atoms with Gasteiger partial charge in [-0.2, -0.15) is 0 Å². The Bertz CT molecular complexity index is 2070. The van der Waals surface area contributed by atoms with Gasteiger partial charge < -0.3 is 4.74 Å². The fraction of sp³-hybridized carbons (Fsp3) is 0.262. The van der Waals surface area contributed by atoms with Gasteiger partial charge in [0.1, 0.15) is 0 Å². The second-order valence-corrected chi connectivity index (χ2v) is 14.0. The lowest BCUT2D eigenvalue weighted by atomic mass is 9.80. The predicted octanol–water partition coefficient (Wildman–Crippen LogP) is 10.9. The first-order valence-corrected chi connectivity index (χ1v) is 15.9. The third kappa shape index (κ3) is 4.59. The summed E-state index contributed by atoms with van der Waals surface area (Å²) in [6.07, 6.45) is 4.02. The second kappa shape index (κ2) is 10.3. The molecule has 44 heavy (non-hydrogen) atoms. The predicted molar refractivity (Wildman–Crippen MR) is 186 cm³/mol. The summed E-state index contributed by atoms with van der Waals surface area (Å²) in [6.45, 7) is 15.5. The number of hydrogen-bond donors (Lipinski definition) is 0. The van der Waals surface area contributed by atoms with Crippen molar-refractivity contribution in [2.24, 2.45) is 0 Å². The number of rotatable bonds is 7. The van der Waals surface area contributed by atoms with Crippen LogP contribution in [0.4, 0.5) is 0 Å². The van der Waals surface area contributed by atoms with Gasteiger partial charge in [0.25, 0.3) is 0 Å². The molecule has 0 saturated carbocycles. The van der Waals surface area contributed by atoms with Crippen LogP contribution in [0.5, 0.6) is 0 Å². The lowest BCUT2D eigenvalue weighted by Gasteiger charge is -2.23. The first-order valence-electron chi connectivity index (χ1n) is 15.9. The minimum Gasteiger partial charge on any atom is -0.463 e. The number of carbonyl (C=O) groups is 1. The van der Waals surface area contributed by atoms with Crippen molar-refractivity contribution in [1.82, 2.24) is 0 Å². The Morgan fingerprint density at radius 2 is 1.39 bits per heavy atom. The average Bonchev–Trinajstić information content (AvgIpc) is 3.24. The van der Waals surface area contributed by atoms with E-state index in [1.807, 2.05) is 0 Å². The molecule has 0 saturated heterocycles. The third-order valence-corrected chi connectivity index (χ3v) is 9.79. The van der Waals surface area contributed by atoms with Gasteiger partial charge in [-0.1, -0.05) is 120 Å². The van der Waals surface area contributed by atoms with Crippen molar-refractivity contribution in [3.63, 3.8) is 0 Å². The Labute approximate surface area is 260 Å². The smallest absolute Gasteiger partial charge is 0.330 e. The van der Waals surface area contributed by atoms with Crippen LogP contribution < -0.4 is 0 Å². The van der Waals surface area contributed by atoms with E-state index in [1.165, 1.54) is 82.9 Å².